The first-order valence-electron chi connectivity index (χ1n) is 12.8. The van der Waals surface area contributed by atoms with E-state index in [2.05, 4.69) is 47.8 Å². The van der Waals surface area contributed by atoms with Gasteiger partial charge in [0.05, 0.1) is 0 Å². The van der Waals surface area contributed by atoms with E-state index in [-0.39, 0.29) is 5.91 Å². The molecule has 4 aromatic rings. The minimum atomic E-state index is -1.01. The molecule has 0 fully saturated rings. The van der Waals surface area contributed by atoms with Crippen LogP contribution in [0, 0.1) is 6.92 Å². The van der Waals surface area contributed by atoms with Crippen molar-refractivity contribution >= 4 is 23.6 Å². The van der Waals surface area contributed by atoms with E-state index >= 15 is 0 Å². The van der Waals surface area contributed by atoms with Crippen LogP contribution in [0.3, 0.4) is 0 Å². The standard InChI is InChI=1S/C33H33NO3S/c1-23-9-6-7-14-28(23)30-22-25(17-18-29(30)32(35)34-31(33(36)37)19-20-38-2)16-15-24-10-8-13-27(21-24)26-11-4-3-5-12-26/h3-14,17-18,21-22,31H,15-16,19-20H2,1-2H3,(H,34,35)(H,36,37). The van der Waals surface area contributed by atoms with Crippen LogP contribution >= 0.6 is 11.8 Å². The van der Waals surface area contributed by atoms with Gasteiger partial charge in [-0.05, 0) is 83.2 Å². The van der Waals surface area contributed by atoms with Crippen molar-refractivity contribution in [3.63, 3.8) is 0 Å². The van der Waals surface area contributed by atoms with E-state index in [1.165, 1.54) is 16.7 Å². The number of carboxylic acid groups (broad SMARTS) is 1. The van der Waals surface area contributed by atoms with Crippen molar-refractivity contribution in [2.75, 3.05) is 12.0 Å². The Kier molecular flexibility index (Phi) is 9.39. The summed E-state index contributed by atoms with van der Waals surface area (Å²) >= 11 is 1.56. The molecule has 0 saturated carbocycles. The first-order chi connectivity index (χ1) is 18.5. The molecular formula is C33H33NO3S. The van der Waals surface area contributed by atoms with Crippen LogP contribution in [0.25, 0.3) is 22.3 Å². The highest BCUT2D eigenvalue weighted by Crippen LogP contribution is 2.29. The Labute approximate surface area is 229 Å². The number of carbonyl (C=O) groups excluding carboxylic acids is 1. The molecule has 0 aliphatic rings. The van der Waals surface area contributed by atoms with E-state index in [1.54, 1.807) is 11.8 Å². The number of amides is 1. The molecule has 4 nitrogen and oxygen atoms in total. The minimum Gasteiger partial charge on any atom is -0.480 e. The number of aryl methyl sites for hydroxylation is 3. The van der Waals surface area contributed by atoms with Gasteiger partial charge in [0.25, 0.3) is 5.91 Å². The van der Waals surface area contributed by atoms with Crippen molar-refractivity contribution in [1.29, 1.82) is 0 Å². The van der Waals surface area contributed by atoms with E-state index < -0.39 is 12.0 Å². The molecule has 2 N–H and O–H groups in total. The van der Waals surface area contributed by atoms with Crippen molar-refractivity contribution in [2.45, 2.75) is 32.2 Å². The molecule has 38 heavy (non-hydrogen) atoms. The molecule has 0 saturated heterocycles. The van der Waals surface area contributed by atoms with Gasteiger partial charge < -0.3 is 10.4 Å². The number of rotatable bonds is 11. The topological polar surface area (TPSA) is 66.4 Å². The van der Waals surface area contributed by atoms with E-state index in [9.17, 15) is 14.7 Å². The van der Waals surface area contributed by atoms with Crippen LogP contribution in [0.5, 0.6) is 0 Å². The zero-order chi connectivity index (χ0) is 26.9. The van der Waals surface area contributed by atoms with Gasteiger partial charge in [-0.25, -0.2) is 4.79 Å². The van der Waals surface area contributed by atoms with Crippen molar-refractivity contribution in [2.24, 2.45) is 0 Å². The van der Waals surface area contributed by atoms with Crippen molar-refractivity contribution in [1.82, 2.24) is 5.32 Å². The van der Waals surface area contributed by atoms with E-state index in [0.717, 1.165) is 35.1 Å². The van der Waals surface area contributed by atoms with E-state index in [0.29, 0.717) is 17.7 Å². The average Bonchev–Trinajstić information content (AvgIpc) is 2.94. The lowest BCUT2D eigenvalue weighted by Crippen LogP contribution is -2.41. The molecule has 1 unspecified atom stereocenters. The number of hydrogen-bond acceptors (Lipinski definition) is 3. The normalized spacial score (nSPS) is 11.6. The summed E-state index contributed by atoms with van der Waals surface area (Å²) in [4.78, 5) is 25.1. The van der Waals surface area contributed by atoms with Crippen molar-refractivity contribution in [3.8, 4) is 22.3 Å². The van der Waals surface area contributed by atoms with Crippen LogP contribution in [0.2, 0.25) is 0 Å². The number of hydrogen-bond donors (Lipinski definition) is 2. The van der Waals surface area contributed by atoms with Gasteiger partial charge in [-0.2, -0.15) is 11.8 Å². The third kappa shape index (κ3) is 6.93. The predicted octanol–water partition coefficient (Wildman–Crippen LogP) is 7.05. The van der Waals surface area contributed by atoms with Gasteiger partial charge in [0, 0.05) is 5.56 Å². The lowest BCUT2D eigenvalue weighted by molar-refractivity contribution is -0.139. The largest absolute Gasteiger partial charge is 0.480 e. The van der Waals surface area contributed by atoms with E-state index in [4.69, 9.17) is 0 Å². The Morgan fingerprint density at radius 3 is 2.18 bits per heavy atom. The molecular weight excluding hydrogens is 490 g/mol. The Balaban J connectivity index is 1.60. The maximum absolute atomic E-state index is 13.3. The van der Waals surface area contributed by atoms with Gasteiger partial charge in [-0.15, -0.1) is 0 Å². The molecule has 4 rings (SSSR count). The summed E-state index contributed by atoms with van der Waals surface area (Å²) in [6, 6.07) is 31.9. The number of aliphatic carboxylic acids is 1. The number of benzene rings is 4. The maximum atomic E-state index is 13.3. The number of nitrogens with one attached hydrogen (secondary N) is 1. The fourth-order valence-electron chi connectivity index (χ4n) is 4.60. The summed E-state index contributed by atoms with van der Waals surface area (Å²) in [6.45, 7) is 2.03. The molecule has 5 heteroatoms. The number of carbonyl (C=O) groups is 2. The highest BCUT2D eigenvalue weighted by molar-refractivity contribution is 7.98. The minimum absolute atomic E-state index is 0.362. The molecule has 0 heterocycles. The quantitative estimate of drug-likeness (QED) is 0.221. The van der Waals surface area contributed by atoms with Crippen LogP contribution < -0.4 is 5.32 Å². The molecule has 1 amide bonds. The molecule has 0 radical (unpaired) electrons. The highest BCUT2D eigenvalue weighted by atomic mass is 32.2. The second-order valence-corrected chi connectivity index (χ2v) is 10.4. The Morgan fingerprint density at radius 1 is 0.789 bits per heavy atom. The van der Waals surface area contributed by atoms with Crippen LogP contribution in [0.4, 0.5) is 0 Å². The summed E-state index contributed by atoms with van der Waals surface area (Å²) in [6.07, 6.45) is 4.00. The highest BCUT2D eigenvalue weighted by Gasteiger charge is 2.22. The molecule has 0 aliphatic carbocycles. The van der Waals surface area contributed by atoms with Gasteiger partial charge >= 0.3 is 5.97 Å². The summed E-state index contributed by atoms with van der Waals surface area (Å²) < 4.78 is 0. The summed E-state index contributed by atoms with van der Waals surface area (Å²) in [7, 11) is 0. The first-order valence-corrected chi connectivity index (χ1v) is 14.2. The van der Waals surface area contributed by atoms with Crippen LogP contribution in [0.15, 0.2) is 97.1 Å². The van der Waals surface area contributed by atoms with Gasteiger partial charge in [0.1, 0.15) is 6.04 Å². The predicted molar refractivity (Wildman–Crippen MR) is 158 cm³/mol. The van der Waals surface area contributed by atoms with Crippen molar-refractivity contribution in [3.05, 3.63) is 119 Å². The molecule has 0 bridgehead atoms. The zero-order valence-corrected chi connectivity index (χ0v) is 22.6. The lowest BCUT2D eigenvalue weighted by atomic mass is 9.92. The van der Waals surface area contributed by atoms with Crippen LogP contribution in [-0.2, 0) is 17.6 Å². The van der Waals surface area contributed by atoms with E-state index in [1.807, 2.05) is 67.8 Å². The molecule has 1 atom stereocenters. The Bertz CT molecular complexity index is 1400. The van der Waals surface area contributed by atoms with Crippen molar-refractivity contribution < 1.29 is 14.7 Å². The fraction of sp³-hybridized carbons (Fsp3) is 0.212. The molecule has 0 aromatic heterocycles. The number of carboxylic acids is 1. The molecule has 4 aromatic carbocycles. The third-order valence-electron chi connectivity index (χ3n) is 6.71. The van der Waals surface area contributed by atoms with Crippen LogP contribution in [0.1, 0.15) is 33.5 Å². The summed E-state index contributed by atoms with van der Waals surface area (Å²) in [5, 5.41) is 12.4. The second-order valence-electron chi connectivity index (χ2n) is 9.41. The SMILES string of the molecule is CSCCC(NC(=O)c1ccc(CCc2cccc(-c3ccccc3)c2)cc1-c1ccccc1C)C(=O)O. The zero-order valence-electron chi connectivity index (χ0n) is 21.8. The van der Waals surface area contributed by atoms with Gasteiger partial charge in [-0.1, -0.05) is 91.0 Å². The monoisotopic (exact) mass is 523 g/mol. The lowest BCUT2D eigenvalue weighted by Gasteiger charge is -2.18. The summed E-state index contributed by atoms with van der Waals surface area (Å²) in [5.74, 6) is -0.718. The maximum Gasteiger partial charge on any atom is 0.326 e. The first kappa shape index (κ1) is 27.2. The Morgan fingerprint density at radius 2 is 1.47 bits per heavy atom. The average molecular weight is 524 g/mol. The molecule has 194 valence electrons. The summed E-state index contributed by atoms with van der Waals surface area (Å²) in [5.41, 5.74) is 8.13. The molecule has 0 spiro atoms. The van der Waals surface area contributed by atoms with Crippen LogP contribution in [-0.4, -0.2) is 35.0 Å². The third-order valence-corrected chi connectivity index (χ3v) is 7.36. The Hall–Kier alpha value is -3.83. The smallest absolute Gasteiger partial charge is 0.326 e. The van der Waals surface area contributed by atoms with Gasteiger partial charge in [0.2, 0.25) is 0 Å². The fourth-order valence-corrected chi connectivity index (χ4v) is 5.07. The second kappa shape index (κ2) is 13.1. The number of thioether (sulfide) groups is 1. The van der Waals surface area contributed by atoms with Gasteiger partial charge in [0.15, 0.2) is 0 Å². The molecule has 0 aliphatic heterocycles. The van der Waals surface area contributed by atoms with Gasteiger partial charge in [-0.3, -0.25) is 4.79 Å².